The lowest BCUT2D eigenvalue weighted by atomic mass is 9.68. The number of carbonyl (C=O) groups excluding carboxylic acids is 1. The molecule has 2 aromatic carbocycles. The fraction of sp³-hybridized carbons (Fsp3) is 0.409. The summed E-state index contributed by atoms with van der Waals surface area (Å²) in [6.07, 6.45) is 3.80. The predicted molar refractivity (Wildman–Crippen MR) is 108 cm³/mol. The van der Waals surface area contributed by atoms with E-state index in [0.717, 1.165) is 11.3 Å². The number of benzene rings is 2. The first-order chi connectivity index (χ1) is 13.1. The second kappa shape index (κ2) is 6.42. The average molecular weight is 402 g/mol. The molecular formula is C22H21Cl2NO2. The van der Waals surface area contributed by atoms with E-state index < -0.39 is 0 Å². The molecule has 2 aromatic rings. The molecule has 0 amide bonds. The van der Waals surface area contributed by atoms with Crippen LogP contribution in [0.25, 0.3) is 0 Å². The Hall–Kier alpha value is -1.71. The summed E-state index contributed by atoms with van der Waals surface area (Å²) < 4.78 is 4.93. The number of carbonyl (C=O) groups is 1. The SMILES string of the molecule is COC(=O)c1ccc2c(c1)C1C3CCC(C3)C1C(c1cccc(Cl)c1Cl)N2. The molecule has 3 nitrogen and oxygen atoms in total. The van der Waals surface area contributed by atoms with E-state index in [0.29, 0.717) is 39.3 Å². The van der Waals surface area contributed by atoms with Crippen LogP contribution in [0.3, 0.4) is 0 Å². The van der Waals surface area contributed by atoms with E-state index in [1.54, 1.807) is 0 Å². The molecule has 5 atom stereocenters. The minimum atomic E-state index is -0.280. The second-order valence-electron chi connectivity index (χ2n) is 8.00. The monoisotopic (exact) mass is 401 g/mol. The Balaban J connectivity index is 1.63. The standard InChI is InChI=1S/C22H21Cl2NO2/c1-27-22(26)13-7-8-17-15(10-13)18-11-5-6-12(9-11)19(18)21(25-17)14-3-2-4-16(23)20(14)24/h2-4,7-8,10-12,18-19,21,25H,5-6,9H2,1H3. The van der Waals surface area contributed by atoms with Crippen LogP contribution in [0.5, 0.6) is 0 Å². The first kappa shape index (κ1) is 17.4. The van der Waals surface area contributed by atoms with Gasteiger partial charge >= 0.3 is 5.97 Å². The molecule has 140 valence electrons. The van der Waals surface area contributed by atoms with Crippen LogP contribution < -0.4 is 5.32 Å². The number of hydrogen-bond donors (Lipinski definition) is 1. The fourth-order valence-electron chi connectivity index (χ4n) is 5.80. The first-order valence-electron chi connectivity index (χ1n) is 9.51. The van der Waals surface area contributed by atoms with Crippen molar-refractivity contribution in [3.63, 3.8) is 0 Å². The van der Waals surface area contributed by atoms with E-state index in [-0.39, 0.29) is 12.0 Å². The molecule has 1 aliphatic heterocycles. The number of ether oxygens (including phenoxy) is 1. The van der Waals surface area contributed by atoms with E-state index in [1.165, 1.54) is 31.9 Å². The van der Waals surface area contributed by atoms with E-state index in [4.69, 9.17) is 27.9 Å². The number of hydrogen-bond acceptors (Lipinski definition) is 3. The van der Waals surface area contributed by atoms with Gasteiger partial charge in [0.15, 0.2) is 0 Å². The summed E-state index contributed by atoms with van der Waals surface area (Å²) in [5.74, 6) is 2.00. The molecule has 2 aliphatic carbocycles. The van der Waals surface area contributed by atoms with Crippen molar-refractivity contribution >= 4 is 34.9 Å². The van der Waals surface area contributed by atoms with E-state index in [2.05, 4.69) is 11.4 Å². The minimum Gasteiger partial charge on any atom is -0.465 e. The van der Waals surface area contributed by atoms with Crippen molar-refractivity contribution in [1.29, 1.82) is 0 Å². The molecule has 2 bridgehead atoms. The maximum atomic E-state index is 12.0. The van der Waals surface area contributed by atoms with Crippen LogP contribution in [-0.4, -0.2) is 13.1 Å². The minimum absolute atomic E-state index is 0.146. The van der Waals surface area contributed by atoms with Gasteiger partial charge in [0.05, 0.1) is 28.8 Å². The van der Waals surface area contributed by atoms with Gasteiger partial charge in [0, 0.05) is 5.69 Å². The van der Waals surface area contributed by atoms with Crippen molar-refractivity contribution in [2.45, 2.75) is 31.2 Å². The third-order valence-corrected chi connectivity index (χ3v) is 7.66. The highest BCUT2D eigenvalue weighted by Crippen LogP contribution is 2.64. The van der Waals surface area contributed by atoms with Gasteiger partial charge in [-0.3, -0.25) is 0 Å². The number of fused-ring (bicyclic) bond motifs is 7. The van der Waals surface area contributed by atoms with E-state index in [9.17, 15) is 4.79 Å². The summed E-state index contributed by atoms with van der Waals surface area (Å²) in [6, 6.07) is 11.9. The number of methoxy groups -OCH3 is 1. The van der Waals surface area contributed by atoms with E-state index >= 15 is 0 Å². The van der Waals surface area contributed by atoms with Crippen molar-refractivity contribution in [2.75, 3.05) is 12.4 Å². The molecule has 27 heavy (non-hydrogen) atoms. The molecule has 0 radical (unpaired) electrons. The van der Waals surface area contributed by atoms with Crippen LogP contribution in [0.2, 0.25) is 10.0 Å². The maximum absolute atomic E-state index is 12.0. The largest absolute Gasteiger partial charge is 0.465 e. The van der Waals surface area contributed by atoms with Gasteiger partial charge in [0.1, 0.15) is 0 Å². The van der Waals surface area contributed by atoms with Crippen molar-refractivity contribution in [3.05, 3.63) is 63.1 Å². The molecule has 2 saturated carbocycles. The number of nitrogens with one attached hydrogen (secondary N) is 1. The summed E-state index contributed by atoms with van der Waals surface area (Å²) in [5, 5.41) is 4.97. The Morgan fingerprint density at radius 1 is 1.11 bits per heavy atom. The fourth-order valence-corrected chi connectivity index (χ4v) is 6.23. The Bertz CT molecular complexity index is 929. The number of esters is 1. The average Bonchev–Trinajstić information content (AvgIpc) is 3.31. The predicted octanol–water partition coefficient (Wildman–Crippen LogP) is 6.08. The van der Waals surface area contributed by atoms with Gasteiger partial charge in [-0.1, -0.05) is 35.3 Å². The normalized spacial score (nSPS) is 30.4. The zero-order chi connectivity index (χ0) is 18.7. The third kappa shape index (κ3) is 2.59. The lowest BCUT2D eigenvalue weighted by Gasteiger charge is -2.44. The Morgan fingerprint density at radius 3 is 2.74 bits per heavy atom. The molecule has 3 aliphatic rings. The zero-order valence-corrected chi connectivity index (χ0v) is 16.6. The maximum Gasteiger partial charge on any atom is 0.337 e. The van der Waals surface area contributed by atoms with Gasteiger partial charge in [0.2, 0.25) is 0 Å². The zero-order valence-electron chi connectivity index (χ0n) is 15.0. The molecular weight excluding hydrogens is 381 g/mol. The lowest BCUT2D eigenvalue weighted by Crippen LogP contribution is -2.35. The van der Waals surface area contributed by atoms with Crippen LogP contribution in [0, 0.1) is 17.8 Å². The van der Waals surface area contributed by atoms with Crippen molar-refractivity contribution in [3.8, 4) is 0 Å². The Morgan fingerprint density at radius 2 is 1.93 bits per heavy atom. The molecule has 5 heteroatoms. The van der Waals surface area contributed by atoms with Gasteiger partial charge in [0.25, 0.3) is 0 Å². The van der Waals surface area contributed by atoms with Gasteiger partial charge < -0.3 is 10.1 Å². The summed E-state index contributed by atoms with van der Waals surface area (Å²) in [4.78, 5) is 12.0. The lowest BCUT2D eigenvalue weighted by molar-refractivity contribution is 0.0600. The summed E-state index contributed by atoms with van der Waals surface area (Å²) >= 11 is 12.9. The van der Waals surface area contributed by atoms with Gasteiger partial charge in [-0.25, -0.2) is 4.79 Å². The van der Waals surface area contributed by atoms with Crippen molar-refractivity contribution in [1.82, 2.24) is 0 Å². The van der Waals surface area contributed by atoms with Gasteiger partial charge in [-0.2, -0.15) is 0 Å². The van der Waals surface area contributed by atoms with E-state index in [1.807, 2.05) is 30.3 Å². The smallest absolute Gasteiger partial charge is 0.337 e. The number of anilines is 1. The Labute approximate surface area is 169 Å². The molecule has 1 N–H and O–H groups in total. The van der Waals surface area contributed by atoms with Crippen molar-refractivity contribution in [2.24, 2.45) is 17.8 Å². The third-order valence-electron chi connectivity index (χ3n) is 6.82. The van der Waals surface area contributed by atoms with Crippen LogP contribution in [0.1, 0.15) is 52.7 Å². The molecule has 0 aromatic heterocycles. The quantitative estimate of drug-likeness (QED) is 0.619. The van der Waals surface area contributed by atoms with Crippen LogP contribution in [-0.2, 0) is 4.74 Å². The van der Waals surface area contributed by atoms with Crippen molar-refractivity contribution < 1.29 is 9.53 Å². The van der Waals surface area contributed by atoms with Crippen LogP contribution in [0.4, 0.5) is 5.69 Å². The molecule has 0 saturated heterocycles. The number of halogens is 2. The first-order valence-corrected chi connectivity index (χ1v) is 10.3. The summed E-state index contributed by atoms with van der Waals surface area (Å²) in [5.41, 5.74) is 4.05. The van der Waals surface area contributed by atoms with Crippen LogP contribution in [0.15, 0.2) is 36.4 Å². The highest BCUT2D eigenvalue weighted by atomic mass is 35.5. The topological polar surface area (TPSA) is 38.3 Å². The van der Waals surface area contributed by atoms with Crippen LogP contribution >= 0.6 is 23.2 Å². The highest BCUT2D eigenvalue weighted by Gasteiger charge is 2.54. The molecule has 5 unspecified atom stereocenters. The second-order valence-corrected chi connectivity index (χ2v) is 8.78. The molecule has 2 fully saturated rings. The molecule has 1 heterocycles. The summed E-state index contributed by atoms with van der Waals surface area (Å²) in [6.45, 7) is 0. The molecule has 5 rings (SSSR count). The molecule has 0 spiro atoms. The van der Waals surface area contributed by atoms with Gasteiger partial charge in [-0.05, 0) is 78.3 Å². The number of rotatable bonds is 2. The highest BCUT2D eigenvalue weighted by molar-refractivity contribution is 6.42. The summed E-state index contributed by atoms with van der Waals surface area (Å²) in [7, 11) is 1.43. The van der Waals surface area contributed by atoms with Gasteiger partial charge in [-0.15, -0.1) is 0 Å². The Kier molecular flexibility index (Phi) is 4.14.